The fraction of sp³-hybridized carbons (Fsp3) is 0.632. The Labute approximate surface area is 164 Å². The summed E-state index contributed by atoms with van der Waals surface area (Å²) in [5, 5.41) is 12.3. The van der Waals surface area contributed by atoms with Crippen LogP contribution in [-0.2, 0) is 24.7 Å². The van der Waals surface area contributed by atoms with Crippen molar-refractivity contribution in [1.29, 1.82) is 0 Å². The Kier molecular flexibility index (Phi) is 5.77. The van der Waals surface area contributed by atoms with Crippen LogP contribution in [0.4, 0.5) is 0 Å². The monoisotopic (exact) mass is 392 g/mol. The normalized spacial score (nSPS) is 17.2. The van der Waals surface area contributed by atoms with Gasteiger partial charge in [-0.1, -0.05) is 32.5 Å². The fourth-order valence-corrected chi connectivity index (χ4v) is 5.38. The van der Waals surface area contributed by atoms with Crippen molar-refractivity contribution >= 4 is 29.0 Å². The van der Waals surface area contributed by atoms with Gasteiger partial charge < -0.3 is 9.88 Å². The van der Waals surface area contributed by atoms with Crippen LogP contribution in [0.2, 0.25) is 0 Å². The number of aryl methyl sites for hydroxylation is 1. The highest BCUT2D eigenvalue weighted by Gasteiger charge is 2.30. The molecule has 1 amide bonds. The molecule has 1 aliphatic rings. The molecule has 0 spiro atoms. The van der Waals surface area contributed by atoms with Gasteiger partial charge in [-0.25, -0.2) is 0 Å². The number of fused-ring (bicyclic) bond motifs is 1. The van der Waals surface area contributed by atoms with Crippen molar-refractivity contribution in [3.63, 3.8) is 0 Å². The molecule has 0 fully saturated rings. The Morgan fingerprint density at radius 2 is 2.19 bits per heavy atom. The Balaban J connectivity index is 1.75. The zero-order valence-electron chi connectivity index (χ0n) is 16.3. The van der Waals surface area contributed by atoms with E-state index in [4.69, 9.17) is 0 Å². The van der Waals surface area contributed by atoms with E-state index in [9.17, 15) is 4.79 Å². The van der Waals surface area contributed by atoms with Crippen LogP contribution < -0.4 is 5.32 Å². The topological polar surface area (TPSA) is 59.8 Å². The number of rotatable bonds is 5. The van der Waals surface area contributed by atoms with Crippen molar-refractivity contribution in [1.82, 2.24) is 20.1 Å². The van der Waals surface area contributed by atoms with Gasteiger partial charge in [0.2, 0.25) is 5.91 Å². The first kappa shape index (κ1) is 19.4. The number of thiophene rings is 1. The average Bonchev–Trinajstić information content (AvgIpc) is 3.14. The number of carbonyl (C=O) groups excluding carboxylic acids is 1. The Morgan fingerprint density at radius 1 is 1.42 bits per heavy atom. The summed E-state index contributed by atoms with van der Waals surface area (Å²) in [6, 6.07) is 2.31. The van der Waals surface area contributed by atoms with E-state index in [0.717, 1.165) is 23.3 Å². The zero-order valence-corrected chi connectivity index (χ0v) is 17.9. The summed E-state index contributed by atoms with van der Waals surface area (Å²) in [7, 11) is 1.98. The predicted octanol–water partition coefficient (Wildman–Crippen LogP) is 3.92. The van der Waals surface area contributed by atoms with E-state index in [1.165, 1.54) is 39.9 Å². The molecular formula is C19H28N4OS2. The summed E-state index contributed by atoms with van der Waals surface area (Å²) in [6.45, 7) is 9.61. The van der Waals surface area contributed by atoms with Crippen molar-refractivity contribution < 1.29 is 4.79 Å². The Hall–Kier alpha value is -1.34. The molecular weight excluding hydrogens is 364 g/mol. The molecule has 2 aromatic heterocycles. The van der Waals surface area contributed by atoms with Gasteiger partial charge in [-0.15, -0.1) is 21.5 Å². The molecule has 26 heavy (non-hydrogen) atoms. The second kappa shape index (κ2) is 7.72. The average molecular weight is 393 g/mol. The van der Waals surface area contributed by atoms with Crippen LogP contribution in [0.1, 0.15) is 44.6 Å². The van der Waals surface area contributed by atoms with E-state index < -0.39 is 0 Å². The van der Waals surface area contributed by atoms with Gasteiger partial charge in [0, 0.05) is 18.5 Å². The number of carbonyl (C=O) groups is 1. The number of nitrogens with zero attached hydrogens (tertiary/aromatic N) is 3. The van der Waals surface area contributed by atoms with Crippen LogP contribution in [0.3, 0.4) is 0 Å². The van der Waals surface area contributed by atoms with Crippen LogP contribution in [0, 0.1) is 11.3 Å². The van der Waals surface area contributed by atoms with Gasteiger partial charge in [0.1, 0.15) is 0 Å². The van der Waals surface area contributed by atoms with Crippen molar-refractivity contribution in [2.75, 3.05) is 12.3 Å². The summed E-state index contributed by atoms with van der Waals surface area (Å²) >= 11 is 3.28. The molecule has 5 nitrogen and oxygen atoms in total. The van der Waals surface area contributed by atoms with Crippen LogP contribution in [0.15, 0.2) is 11.2 Å². The minimum atomic E-state index is 0.0295. The van der Waals surface area contributed by atoms with Gasteiger partial charge in [-0.3, -0.25) is 4.79 Å². The molecule has 1 aliphatic carbocycles. The van der Waals surface area contributed by atoms with E-state index in [1.807, 2.05) is 29.9 Å². The summed E-state index contributed by atoms with van der Waals surface area (Å²) in [6.07, 6.45) is 3.59. The van der Waals surface area contributed by atoms with E-state index >= 15 is 0 Å². The number of hydrogen-bond donors (Lipinski definition) is 1. The highest BCUT2D eigenvalue weighted by molar-refractivity contribution is 7.99. The lowest BCUT2D eigenvalue weighted by Crippen LogP contribution is -2.26. The predicted molar refractivity (Wildman–Crippen MR) is 109 cm³/mol. The quantitative estimate of drug-likeness (QED) is 0.784. The molecule has 0 bridgehead atoms. The zero-order chi connectivity index (χ0) is 18.9. The smallest absolute Gasteiger partial charge is 0.230 e. The van der Waals surface area contributed by atoms with Crippen molar-refractivity contribution in [2.45, 2.75) is 52.1 Å². The minimum Gasteiger partial charge on any atom is -0.356 e. The molecule has 0 aliphatic heterocycles. The fourth-order valence-electron chi connectivity index (χ4n) is 3.41. The maximum absolute atomic E-state index is 11.7. The van der Waals surface area contributed by atoms with Crippen LogP contribution >= 0.6 is 23.1 Å². The van der Waals surface area contributed by atoms with E-state index in [1.54, 1.807) is 0 Å². The first-order chi connectivity index (χ1) is 12.3. The van der Waals surface area contributed by atoms with E-state index in [-0.39, 0.29) is 5.91 Å². The lowest BCUT2D eigenvalue weighted by molar-refractivity contribution is -0.118. The molecule has 0 saturated carbocycles. The Bertz CT molecular complexity index is 788. The second-order valence-electron chi connectivity index (χ2n) is 7.97. The third kappa shape index (κ3) is 4.14. The van der Waals surface area contributed by atoms with Gasteiger partial charge in [0.15, 0.2) is 11.0 Å². The molecule has 1 N–H and O–H groups in total. The number of aromatic nitrogens is 3. The molecule has 0 unspecified atom stereocenters. The van der Waals surface area contributed by atoms with Gasteiger partial charge in [0.25, 0.3) is 0 Å². The van der Waals surface area contributed by atoms with Crippen LogP contribution in [0.5, 0.6) is 0 Å². The Morgan fingerprint density at radius 3 is 2.88 bits per heavy atom. The van der Waals surface area contributed by atoms with Crippen molar-refractivity contribution in [2.24, 2.45) is 18.4 Å². The highest BCUT2D eigenvalue weighted by atomic mass is 32.2. The molecule has 2 aromatic rings. The van der Waals surface area contributed by atoms with Gasteiger partial charge >= 0.3 is 0 Å². The number of amides is 1. The third-order valence-corrected chi connectivity index (χ3v) is 7.32. The largest absolute Gasteiger partial charge is 0.356 e. The molecule has 0 saturated heterocycles. The summed E-state index contributed by atoms with van der Waals surface area (Å²) in [4.78, 5) is 14.3. The highest BCUT2D eigenvalue weighted by Crippen LogP contribution is 2.42. The molecule has 0 aromatic carbocycles. The minimum absolute atomic E-state index is 0.0295. The first-order valence-corrected chi connectivity index (χ1v) is 11.0. The lowest BCUT2D eigenvalue weighted by Gasteiger charge is -2.33. The SMILES string of the molecule is CCNC(=O)CSc1nnc(-c2cc3c(s2)CC[C@H](C(C)(C)C)C3)n1C. The third-order valence-electron chi connectivity index (χ3n) is 5.07. The maximum Gasteiger partial charge on any atom is 0.230 e. The summed E-state index contributed by atoms with van der Waals surface area (Å²) < 4.78 is 2.00. The molecule has 0 radical (unpaired) electrons. The molecule has 7 heteroatoms. The number of hydrogen-bond acceptors (Lipinski definition) is 5. The first-order valence-electron chi connectivity index (χ1n) is 9.20. The summed E-state index contributed by atoms with van der Waals surface area (Å²) in [5.74, 6) is 2.03. The van der Waals surface area contributed by atoms with E-state index in [0.29, 0.717) is 17.7 Å². The van der Waals surface area contributed by atoms with Crippen molar-refractivity contribution in [3.8, 4) is 10.7 Å². The molecule has 142 valence electrons. The molecule has 3 rings (SSSR count). The van der Waals surface area contributed by atoms with Crippen LogP contribution in [0.25, 0.3) is 10.7 Å². The van der Waals surface area contributed by atoms with Crippen molar-refractivity contribution in [3.05, 3.63) is 16.5 Å². The summed E-state index contributed by atoms with van der Waals surface area (Å²) in [5.41, 5.74) is 1.84. The number of nitrogens with one attached hydrogen (secondary N) is 1. The number of thioether (sulfide) groups is 1. The standard InChI is InChI=1S/C19H28N4OS2/c1-6-20-16(24)11-25-18-22-21-17(23(18)5)15-10-12-9-13(19(2,3)4)7-8-14(12)26-15/h10,13H,6-9,11H2,1-5H3,(H,20,24)/t13-/m0/s1. The molecule has 1 atom stereocenters. The lowest BCUT2D eigenvalue weighted by atomic mass is 9.72. The second-order valence-corrected chi connectivity index (χ2v) is 10.1. The molecule has 2 heterocycles. The van der Waals surface area contributed by atoms with Gasteiger partial charge in [-0.2, -0.15) is 0 Å². The maximum atomic E-state index is 11.7. The van der Waals surface area contributed by atoms with Gasteiger partial charge in [-0.05, 0) is 49.1 Å². The van der Waals surface area contributed by atoms with Crippen LogP contribution in [-0.4, -0.2) is 33.0 Å². The van der Waals surface area contributed by atoms with Gasteiger partial charge in [0.05, 0.1) is 10.6 Å². The van der Waals surface area contributed by atoms with E-state index in [2.05, 4.69) is 42.4 Å².